The van der Waals surface area contributed by atoms with E-state index in [9.17, 15) is 4.79 Å². The topological polar surface area (TPSA) is 32.3 Å². The molecule has 0 aromatic carbocycles. The highest BCUT2D eigenvalue weighted by Gasteiger charge is 2.23. The molecule has 0 bridgehead atoms. The van der Waals surface area contributed by atoms with Crippen LogP contribution in [0, 0.1) is 11.8 Å². The van der Waals surface area contributed by atoms with Crippen LogP contribution in [-0.2, 0) is 0 Å². The number of urea groups is 1. The van der Waals surface area contributed by atoms with Crippen LogP contribution in [0.2, 0.25) is 0 Å². The summed E-state index contributed by atoms with van der Waals surface area (Å²) in [5.74, 6) is 1.48. The Morgan fingerprint density at radius 3 is 2.71 bits per heavy atom. The Morgan fingerprint density at radius 1 is 1.50 bits per heavy atom. The molecule has 1 fully saturated rings. The van der Waals surface area contributed by atoms with Crippen molar-refractivity contribution in [1.29, 1.82) is 0 Å². The largest absolute Gasteiger partial charge is 0.338 e. The molecular formula is C11H22N2O. The van der Waals surface area contributed by atoms with E-state index >= 15 is 0 Å². The number of hydrogen-bond acceptors (Lipinski definition) is 1. The van der Waals surface area contributed by atoms with Gasteiger partial charge in [-0.05, 0) is 25.2 Å². The Morgan fingerprint density at radius 2 is 2.21 bits per heavy atom. The van der Waals surface area contributed by atoms with Crippen LogP contribution >= 0.6 is 0 Å². The minimum absolute atomic E-state index is 0.0617. The highest BCUT2D eigenvalue weighted by Crippen LogP contribution is 2.30. The molecule has 0 spiro atoms. The fourth-order valence-corrected chi connectivity index (χ4v) is 2.02. The van der Waals surface area contributed by atoms with Crippen molar-refractivity contribution in [3.63, 3.8) is 0 Å². The van der Waals surface area contributed by atoms with Gasteiger partial charge in [-0.2, -0.15) is 0 Å². The molecule has 2 unspecified atom stereocenters. The molecule has 1 rings (SSSR count). The van der Waals surface area contributed by atoms with Crippen molar-refractivity contribution in [3.05, 3.63) is 0 Å². The lowest BCUT2D eigenvalue weighted by Gasteiger charge is -2.19. The predicted molar refractivity (Wildman–Crippen MR) is 58.2 cm³/mol. The van der Waals surface area contributed by atoms with Crippen LogP contribution in [0.1, 0.15) is 33.1 Å². The Kier molecular flexibility index (Phi) is 4.23. The van der Waals surface area contributed by atoms with E-state index in [4.69, 9.17) is 0 Å². The van der Waals surface area contributed by atoms with Crippen LogP contribution in [0.15, 0.2) is 0 Å². The molecule has 0 aromatic rings. The molecule has 0 saturated heterocycles. The Hall–Kier alpha value is -0.730. The second kappa shape index (κ2) is 5.23. The first-order chi connectivity index (χ1) is 6.65. The van der Waals surface area contributed by atoms with Crippen molar-refractivity contribution in [2.24, 2.45) is 11.8 Å². The molecule has 3 nitrogen and oxygen atoms in total. The number of nitrogens with zero attached hydrogens (tertiary/aromatic N) is 1. The van der Waals surface area contributed by atoms with Crippen LogP contribution in [-0.4, -0.2) is 31.1 Å². The van der Waals surface area contributed by atoms with E-state index < -0.39 is 0 Å². The highest BCUT2D eigenvalue weighted by atomic mass is 16.2. The van der Waals surface area contributed by atoms with Crippen LogP contribution < -0.4 is 5.32 Å². The summed E-state index contributed by atoms with van der Waals surface area (Å²) in [5.41, 5.74) is 0. The van der Waals surface area contributed by atoms with Gasteiger partial charge < -0.3 is 10.2 Å². The fraction of sp³-hybridized carbons (Fsp3) is 0.909. The summed E-state index contributed by atoms with van der Waals surface area (Å²) in [4.78, 5) is 13.2. The van der Waals surface area contributed by atoms with Crippen LogP contribution in [0.3, 0.4) is 0 Å². The number of hydrogen-bond donors (Lipinski definition) is 1. The van der Waals surface area contributed by atoms with Gasteiger partial charge in [-0.15, -0.1) is 0 Å². The molecule has 0 heterocycles. The first-order valence-electron chi connectivity index (χ1n) is 5.64. The van der Waals surface area contributed by atoms with Gasteiger partial charge in [-0.25, -0.2) is 4.79 Å². The summed E-state index contributed by atoms with van der Waals surface area (Å²) in [6.07, 6.45) is 3.92. The first-order valence-corrected chi connectivity index (χ1v) is 5.64. The lowest BCUT2D eigenvalue weighted by atomic mass is 9.98. The minimum atomic E-state index is 0.0617. The van der Waals surface area contributed by atoms with Gasteiger partial charge >= 0.3 is 6.03 Å². The third-order valence-electron chi connectivity index (χ3n) is 3.38. The van der Waals surface area contributed by atoms with Gasteiger partial charge in [0.1, 0.15) is 0 Å². The van der Waals surface area contributed by atoms with Crippen LogP contribution in [0.4, 0.5) is 4.79 Å². The monoisotopic (exact) mass is 198 g/mol. The Labute approximate surface area is 86.9 Å². The van der Waals surface area contributed by atoms with Crippen LogP contribution in [0.25, 0.3) is 0 Å². The zero-order valence-electron chi connectivity index (χ0n) is 9.55. The second-order valence-corrected chi connectivity index (χ2v) is 4.37. The standard InChI is InChI=1S/C11H22N2O/c1-4-13(3)11(14)12-8-10-7-5-6-9(10)2/h9-10H,4-8H2,1-3H3,(H,12,14). The van der Waals surface area contributed by atoms with Gasteiger partial charge in [0.15, 0.2) is 0 Å². The van der Waals surface area contributed by atoms with E-state index in [2.05, 4.69) is 12.2 Å². The summed E-state index contributed by atoms with van der Waals surface area (Å²) in [6.45, 7) is 5.89. The maximum absolute atomic E-state index is 11.5. The molecule has 0 radical (unpaired) electrons. The molecule has 14 heavy (non-hydrogen) atoms. The molecule has 1 aliphatic rings. The molecule has 1 N–H and O–H groups in total. The summed E-state index contributed by atoms with van der Waals surface area (Å²) in [7, 11) is 1.83. The van der Waals surface area contributed by atoms with Crippen molar-refractivity contribution >= 4 is 6.03 Å². The van der Waals surface area contributed by atoms with Crippen molar-refractivity contribution in [2.75, 3.05) is 20.1 Å². The van der Waals surface area contributed by atoms with E-state index in [0.717, 1.165) is 19.0 Å². The van der Waals surface area contributed by atoms with Crippen molar-refractivity contribution in [3.8, 4) is 0 Å². The maximum atomic E-state index is 11.5. The molecule has 1 saturated carbocycles. The molecule has 2 amide bonds. The summed E-state index contributed by atoms with van der Waals surface area (Å²) in [6, 6.07) is 0.0617. The van der Waals surface area contributed by atoms with Gasteiger partial charge in [-0.1, -0.05) is 19.8 Å². The summed E-state index contributed by atoms with van der Waals surface area (Å²) in [5, 5.41) is 2.99. The normalized spacial score (nSPS) is 26.2. The van der Waals surface area contributed by atoms with Gasteiger partial charge in [0.25, 0.3) is 0 Å². The van der Waals surface area contributed by atoms with E-state index in [1.807, 2.05) is 14.0 Å². The number of rotatable bonds is 3. The van der Waals surface area contributed by atoms with Gasteiger partial charge in [0.05, 0.1) is 0 Å². The smallest absolute Gasteiger partial charge is 0.317 e. The number of amides is 2. The van der Waals surface area contributed by atoms with Gasteiger partial charge in [0.2, 0.25) is 0 Å². The maximum Gasteiger partial charge on any atom is 0.317 e. The zero-order chi connectivity index (χ0) is 10.6. The Bertz CT molecular complexity index is 194. The number of carbonyl (C=O) groups excluding carboxylic acids is 1. The molecular weight excluding hydrogens is 176 g/mol. The highest BCUT2D eigenvalue weighted by molar-refractivity contribution is 5.73. The molecule has 0 aliphatic heterocycles. The average Bonchev–Trinajstić information content (AvgIpc) is 2.59. The lowest BCUT2D eigenvalue weighted by Crippen LogP contribution is -2.39. The number of carbonyl (C=O) groups is 1. The third kappa shape index (κ3) is 2.89. The van der Waals surface area contributed by atoms with Crippen molar-refractivity contribution < 1.29 is 4.79 Å². The number of nitrogens with one attached hydrogen (secondary N) is 1. The van der Waals surface area contributed by atoms with E-state index in [0.29, 0.717) is 5.92 Å². The van der Waals surface area contributed by atoms with Gasteiger partial charge in [-0.3, -0.25) is 0 Å². The third-order valence-corrected chi connectivity index (χ3v) is 3.38. The lowest BCUT2D eigenvalue weighted by molar-refractivity contribution is 0.207. The van der Waals surface area contributed by atoms with Crippen molar-refractivity contribution in [2.45, 2.75) is 33.1 Å². The SMILES string of the molecule is CCN(C)C(=O)NCC1CCCC1C. The average molecular weight is 198 g/mol. The fourth-order valence-electron chi connectivity index (χ4n) is 2.02. The zero-order valence-corrected chi connectivity index (χ0v) is 9.55. The first kappa shape index (κ1) is 11.3. The van der Waals surface area contributed by atoms with Crippen molar-refractivity contribution in [1.82, 2.24) is 10.2 Å². The molecule has 82 valence electrons. The second-order valence-electron chi connectivity index (χ2n) is 4.37. The molecule has 3 heteroatoms. The van der Waals surface area contributed by atoms with E-state index in [1.54, 1.807) is 4.90 Å². The molecule has 0 aromatic heterocycles. The van der Waals surface area contributed by atoms with E-state index in [1.165, 1.54) is 19.3 Å². The van der Waals surface area contributed by atoms with Gasteiger partial charge in [0, 0.05) is 20.1 Å². The molecule has 2 atom stereocenters. The van der Waals surface area contributed by atoms with E-state index in [-0.39, 0.29) is 6.03 Å². The Balaban J connectivity index is 2.22. The molecule has 1 aliphatic carbocycles. The van der Waals surface area contributed by atoms with Crippen LogP contribution in [0.5, 0.6) is 0 Å². The quantitative estimate of drug-likeness (QED) is 0.740. The summed E-state index contributed by atoms with van der Waals surface area (Å²) >= 11 is 0. The summed E-state index contributed by atoms with van der Waals surface area (Å²) < 4.78 is 0. The predicted octanol–water partition coefficient (Wildman–Crippen LogP) is 2.08. The minimum Gasteiger partial charge on any atom is -0.338 e.